The standard InChI is InChI=1S/C29H37N7/c1-8-10-25(20(4)31-6)35-28-16-22(23-11-9-12-26(32-7)29(23)19(3)30)15-27(36-28)34-21(5)24-14-13-18(2)17-33-24/h9-17,20,30-32H,5,8H2,1-4,6-7H3,(H2,34,35,36)/b25-10+,30-19?. The third kappa shape index (κ3) is 6.37. The molecule has 36 heavy (non-hydrogen) atoms. The van der Waals surface area contributed by atoms with Gasteiger partial charge >= 0.3 is 0 Å². The van der Waals surface area contributed by atoms with E-state index in [9.17, 15) is 0 Å². The molecular weight excluding hydrogens is 446 g/mol. The van der Waals surface area contributed by atoms with Crippen molar-refractivity contribution in [3.63, 3.8) is 0 Å². The SMILES string of the molecule is C=C(Nc1cc(-c2cccc(NC)c2C(C)=N)cc(N/C(=C/CC)C(C)NC)n1)c1ccc(C)cn1. The maximum Gasteiger partial charge on any atom is 0.133 e. The van der Waals surface area contributed by atoms with Gasteiger partial charge in [-0.05, 0) is 75.2 Å². The molecule has 0 bridgehead atoms. The summed E-state index contributed by atoms with van der Waals surface area (Å²) in [5.41, 5.74) is 7.68. The molecule has 7 nitrogen and oxygen atoms in total. The van der Waals surface area contributed by atoms with Crippen LogP contribution in [0.25, 0.3) is 16.8 Å². The highest BCUT2D eigenvalue weighted by molar-refractivity contribution is 6.07. The minimum Gasteiger partial charge on any atom is -0.388 e. The van der Waals surface area contributed by atoms with E-state index in [0.29, 0.717) is 23.0 Å². The summed E-state index contributed by atoms with van der Waals surface area (Å²) < 4.78 is 0. The van der Waals surface area contributed by atoms with Crippen molar-refractivity contribution in [2.45, 2.75) is 40.2 Å². The van der Waals surface area contributed by atoms with E-state index in [-0.39, 0.29) is 6.04 Å². The van der Waals surface area contributed by atoms with E-state index in [4.69, 9.17) is 10.4 Å². The second-order valence-electron chi connectivity index (χ2n) is 8.76. The fraction of sp³-hybridized carbons (Fsp3) is 0.276. The van der Waals surface area contributed by atoms with E-state index in [2.05, 4.69) is 52.8 Å². The van der Waals surface area contributed by atoms with Crippen LogP contribution in [0, 0.1) is 12.3 Å². The Morgan fingerprint density at radius 3 is 2.42 bits per heavy atom. The van der Waals surface area contributed by atoms with Gasteiger partial charge in [-0.1, -0.05) is 37.8 Å². The lowest BCUT2D eigenvalue weighted by molar-refractivity contribution is 0.691. The van der Waals surface area contributed by atoms with E-state index in [1.807, 2.05) is 69.7 Å². The number of pyridine rings is 2. The number of hydrogen-bond acceptors (Lipinski definition) is 7. The van der Waals surface area contributed by atoms with Gasteiger partial charge in [0, 0.05) is 41.9 Å². The molecule has 0 radical (unpaired) electrons. The molecule has 188 valence electrons. The van der Waals surface area contributed by atoms with Crippen molar-refractivity contribution in [1.82, 2.24) is 15.3 Å². The first-order chi connectivity index (χ1) is 17.3. The summed E-state index contributed by atoms with van der Waals surface area (Å²) in [6, 6.07) is 14.1. The van der Waals surface area contributed by atoms with E-state index in [1.54, 1.807) is 6.92 Å². The number of aryl methyl sites for hydroxylation is 1. The fourth-order valence-electron chi connectivity index (χ4n) is 3.94. The van der Waals surface area contributed by atoms with Crippen molar-refractivity contribution < 1.29 is 0 Å². The topological polar surface area (TPSA) is 97.8 Å². The molecule has 2 heterocycles. The van der Waals surface area contributed by atoms with Crippen LogP contribution < -0.4 is 21.3 Å². The second-order valence-corrected chi connectivity index (χ2v) is 8.76. The van der Waals surface area contributed by atoms with Gasteiger partial charge < -0.3 is 26.7 Å². The molecular formula is C29H37N7. The minimum absolute atomic E-state index is 0.130. The number of hydrogen-bond donors (Lipinski definition) is 5. The Bertz CT molecular complexity index is 1260. The molecule has 5 N–H and O–H groups in total. The summed E-state index contributed by atoms with van der Waals surface area (Å²) in [5, 5.41) is 21.8. The third-order valence-corrected chi connectivity index (χ3v) is 5.94. The Morgan fingerprint density at radius 2 is 1.83 bits per heavy atom. The van der Waals surface area contributed by atoms with E-state index < -0.39 is 0 Å². The third-order valence-electron chi connectivity index (χ3n) is 5.94. The van der Waals surface area contributed by atoms with Gasteiger partial charge in [-0.3, -0.25) is 4.98 Å². The second kappa shape index (κ2) is 12.1. The predicted molar refractivity (Wildman–Crippen MR) is 154 cm³/mol. The lowest BCUT2D eigenvalue weighted by Crippen LogP contribution is -2.27. The molecule has 2 aromatic heterocycles. The van der Waals surface area contributed by atoms with Crippen molar-refractivity contribution in [3.8, 4) is 11.1 Å². The molecule has 0 amide bonds. The van der Waals surface area contributed by atoms with Crippen LogP contribution in [0.5, 0.6) is 0 Å². The first-order valence-corrected chi connectivity index (χ1v) is 12.2. The number of rotatable bonds is 11. The Hall–Kier alpha value is -3.97. The minimum atomic E-state index is 0.130. The van der Waals surface area contributed by atoms with Gasteiger partial charge in [-0.15, -0.1) is 0 Å². The smallest absolute Gasteiger partial charge is 0.133 e. The van der Waals surface area contributed by atoms with Crippen LogP contribution in [0.4, 0.5) is 17.3 Å². The molecule has 0 saturated carbocycles. The number of anilines is 3. The number of nitrogens with zero attached hydrogens (tertiary/aromatic N) is 2. The summed E-state index contributed by atoms with van der Waals surface area (Å²) in [6.45, 7) is 12.2. The van der Waals surface area contributed by atoms with Crippen LogP contribution in [0.1, 0.15) is 44.0 Å². The number of benzene rings is 1. The van der Waals surface area contributed by atoms with Gasteiger partial charge in [0.1, 0.15) is 11.6 Å². The number of allylic oxidation sites excluding steroid dienone is 1. The highest BCUT2D eigenvalue weighted by atomic mass is 15.1. The van der Waals surface area contributed by atoms with Crippen LogP contribution in [-0.2, 0) is 0 Å². The highest BCUT2D eigenvalue weighted by Crippen LogP contribution is 2.33. The molecule has 0 aliphatic carbocycles. The summed E-state index contributed by atoms with van der Waals surface area (Å²) in [7, 11) is 3.81. The van der Waals surface area contributed by atoms with Gasteiger partial charge in [0.15, 0.2) is 0 Å². The largest absolute Gasteiger partial charge is 0.388 e. The Balaban J connectivity index is 2.12. The monoisotopic (exact) mass is 483 g/mol. The molecule has 1 unspecified atom stereocenters. The van der Waals surface area contributed by atoms with E-state index in [0.717, 1.165) is 45.8 Å². The molecule has 3 aromatic rings. The van der Waals surface area contributed by atoms with Gasteiger partial charge in [-0.25, -0.2) is 4.98 Å². The summed E-state index contributed by atoms with van der Waals surface area (Å²) in [4.78, 5) is 9.33. The van der Waals surface area contributed by atoms with Gasteiger partial charge in [0.2, 0.25) is 0 Å². The quantitative estimate of drug-likeness (QED) is 0.206. The van der Waals surface area contributed by atoms with Crippen LogP contribution in [-0.4, -0.2) is 35.8 Å². The Morgan fingerprint density at radius 1 is 1.11 bits per heavy atom. The van der Waals surface area contributed by atoms with E-state index in [1.165, 1.54) is 0 Å². The fourth-order valence-corrected chi connectivity index (χ4v) is 3.94. The molecule has 0 spiro atoms. The summed E-state index contributed by atoms with van der Waals surface area (Å²) in [5.74, 6) is 1.34. The number of likely N-dealkylation sites (N-methyl/N-ethyl adjacent to an activating group) is 1. The van der Waals surface area contributed by atoms with E-state index >= 15 is 0 Å². The maximum absolute atomic E-state index is 8.44. The number of aromatic nitrogens is 2. The highest BCUT2D eigenvalue weighted by Gasteiger charge is 2.16. The molecule has 0 aliphatic rings. The van der Waals surface area contributed by atoms with Crippen LogP contribution in [0.15, 0.2) is 67.0 Å². The van der Waals surface area contributed by atoms with Crippen molar-refractivity contribution in [2.75, 3.05) is 30.0 Å². The maximum atomic E-state index is 8.44. The van der Waals surface area contributed by atoms with Gasteiger partial charge in [0.25, 0.3) is 0 Å². The Kier molecular flexibility index (Phi) is 8.97. The zero-order chi connectivity index (χ0) is 26.2. The van der Waals surface area contributed by atoms with Gasteiger partial charge in [-0.2, -0.15) is 0 Å². The average molecular weight is 484 g/mol. The van der Waals surface area contributed by atoms with Gasteiger partial charge in [0.05, 0.1) is 11.4 Å². The lowest BCUT2D eigenvalue weighted by Gasteiger charge is -2.20. The summed E-state index contributed by atoms with van der Waals surface area (Å²) in [6.07, 6.45) is 4.88. The molecule has 0 fully saturated rings. The van der Waals surface area contributed by atoms with Crippen LogP contribution in [0.3, 0.4) is 0 Å². The first-order valence-electron chi connectivity index (χ1n) is 12.2. The molecule has 1 aromatic carbocycles. The van der Waals surface area contributed by atoms with Crippen molar-refractivity contribution in [2.24, 2.45) is 0 Å². The predicted octanol–water partition coefficient (Wildman–Crippen LogP) is 6.28. The normalized spacial score (nSPS) is 12.1. The zero-order valence-corrected chi connectivity index (χ0v) is 22.1. The average Bonchev–Trinajstić information content (AvgIpc) is 2.87. The summed E-state index contributed by atoms with van der Waals surface area (Å²) >= 11 is 0. The Labute approximate surface area is 214 Å². The molecule has 7 heteroatoms. The molecule has 1 atom stereocenters. The van der Waals surface area contributed by atoms with Crippen LogP contribution >= 0.6 is 0 Å². The van der Waals surface area contributed by atoms with Crippen LogP contribution in [0.2, 0.25) is 0 Å². The van der Waals surface area contributed by atoms with Crippen molar-refractivity contribution >= 4 is 28.7 Å². The zero-order valence-electron chi connectivity index (χ0n) is 22.1. The van der Waals surface area contributed by atoms with Crippen molar-refractivity contribution in [1.29, 1.82) is 5.41 Å². The first kappa shape index (κ1) is 26.6. The molecule has 0 saturated heterocycles. The lowest BCUT2D eigenvalue weighted by atomic mass is 9.95. The molecule has 3 rings (SSSR count). The van der Waals surface area contributed by atoms with Crippen molar-refractivity contribution in [3.05, 3.63) is 83.8 Å². The molecule has 0 aliphatic heterocycles. The number of nitrogens with one attached hydrogen (secondary N) is 5.